The first-order valence-corrected chi connectivity index (χ1v) is 13.1. The molecule has 3 aromatic rings. The molecule has 3 aromatic carbocycles. The molecule has 2 unspecified atom stereocenters. The summed E-state index contributed by atoms with van der Waals surface area (Å²) in [7, 11) is -2.37. The molecule has 1 aliphatic carbocycles. The average molecular weight is 403 g/mol. The van der Waals surface area contributed by atoms with Crippen LogP contribution in [0, 0.1) is 0 Å². The van der Waals surface area contributed by atoms with Crippen LogP contribution in [0.15, 0.2) is 102 Å². The fraction of sp³-hybridized carbons (Fsp3) is 0.200. The second-order valence-electron chi connectivity index (χ2n) is 7.44. The van der Waals surface area contributed by atoms with Crippen molar-refractivity contribution in [3.63, 3.8) is 0 Å². The van der Waals surface area contributed by atoms with Gasteiger partial charge in [-0.25, -0.2) is 0 Å². The Morgan fingerprint density at radius 1 is 0.750 bits per heavy atom. The maximum Gasteiger partial charge on any atom is 0.155 e. The lowest BCUT2D eigenvalue weighted by Gasteiger charge is -2.42. The van der Waals surface area contributed by atoms with Crippen LogP contribution in [0.4, 0.5) is 0 Å². The Bertz CT molecular complexity index is 828. The first-order chi connectivity index (χ1) is 13.7. The molecule has 4 rings (SSSR count). The van der Waals surface area contributed by atoms with Crippen molar-refractivity contribution in [2.24, 2.45) is 0 Å². The van der Waals surface area contributed by atoms with Gasteiger partial charge in [-0.3, -0.25) is 0 Å². The first-order valence-electron chi connectivity index (χ1n) is 9.84. The fourth-order valence-corrected chi connectivity index (χ4v) is 11.0. The van der Waals surface area contributed by atoms with E-state index in [2.05, 4.69) is 103 Å². The lowest BCUT2D eigenvalue weighted by molar-refractivity contribution is 0.163. The molecule has 0 heterocycles. The molecule has 0 aromatic heterocycles. The molecule has 3 heteroatoms. The van der Waals surface area contributed by atoms with E-state index in [-0.39, 0.29) is 6.10 Å². The standard InChI is InChI=1S/C25H26OSSi/c1-27-21-17-20(26)18-25(19-21)28(22-11-5-2-6-12-22,23-13-7-3-8-14-23)24-15-9-4-10-16-24/h2-16,19-20,25-26H,17-18H2,1H3. The second kappa shape index (κ2) is 8.52. The van der Waals surface area contributed by atoms with Crippen LogP contribution in [-0.4, -0.2) is 25.5 Å². The van der Waals surface area contributed by atoms with Crippen molar-refractivity contribution in [2.75, 3.05) is 6.26 Å². The van der Waals surface area contributed by atoms with Gasteiger partial charge in [0, 0.05) is 6.42 Å². The van der Waals surface area contributed by atoms with E-state index in [1.807, 2.05) is 0 Å². The molecule has 0 fully saturated rings. The van der Waals surface area contributed by atoms with Gasteiger partial charge in [0.25, 0.3) is 0 Å². The number of allylic oxidation sites excluding steroid dienone is 1. The Kier molecular flexibility index (Phi) is 5.86. The number of benzene rings is 3. The van der Waals surface area contributed by atoms with Gasteiger partial charge in [-0.1, -0.05) is 97.1 Å². The third kappa shape index (κ3) is 3.50. The molecule has 0 bridgehead atoms. The Hall–Kier alpha value is -2.07. The summed E-state index contributed by atoms with van der Waals surface area (Å²) in [6.45, 7) is 0. The van der Waals surface area contributed by atoms with Crippen LogP contribution in [0.3, 0.4) is 0 Å². The molecular formula is C25H26OSSi. The van der Waals surface area contributed by atoms with E-state index in [0.717, 1.165) is 12.8 Å². The van der Waals surface area contributed by atoms with Gasteiger partial charge in [0.05, 0.1) is 6.10 Å². The Morgan fingerprint density at radius 3 is 1.57 bits per heavy atom. The minimum absolute atomic E-state index is 0.277. The smallest absolute Gasteiger partial charge is 0.155 e. The van der Waals surface area contributed by atoms with Crippen molar-refractivity contribution >= 4 is 35.4 Å². The summed E-state index contributed by atoms with van der Waals surface area (Å²) in [6, 6.07) is 33.0. The highest BCUT2D eigenvalue weighted by Gasteiger charge is 2.47. The highest BCUT2D eigenvalue weighted by atomic mass is 32.2. The highest BCUT2D eigenvalue weighted by molar-refractivity contribution is 8.02. The van der Waals surface area contributed by atoms with Crippen LogP contribution in [0.25, 0.3) is 0 Å². The van der Waals surface area contributed by atoms with Crippen molar-refractivity contribution in [1.29, 1.82) is 0 Å². The van der Waals surface area contributed by atoms with E-state index in [4.69, 9.17) is 0 Å². The lowest BCUT2D eigenvalue weighted by Crippen LogP contribution is -2.70. The minimum atomic E-state index is -2.37. The zero-order chi connectivity index (χ0) is 19.4. The topological polar surface area (TPSA) is 20.2 Å². The molecule has 0 radical (unpaired) electrons. The van der Waals surface area contributed by atoms with E-state index in [1.54, 1.807) is 11.8 Å². The molecule has 0 aliphatic heterocycles. The molecule has 1 aliphatic rings. The number of hydrogen-bond donors (Lipinski definition) is 1. The molecule has 142 valence electrons. The van der Waals surface area contributed by atoms with Gasteiger partial charge in [-0.15, -0.1) is 11.8 Å². The zero-order valence-electron chi connectivity index (χ0n) is 16.2. The molecule has 0 spiro atoms. The summed E-state index contributed by atoms with van der Waals surface area (Å²) in [5, 5.41) is 15.0. The molecular weight excluding hydrogens is 376 g/mol. The maximum atomic E-state index is 10.8. The Labute approximate surface area is 173 Å². The van der Waals surface area contributed by atoms with Gasteiger partial charge in [0.2, 0.25) is 0 Å². The number of hydrogen-bond acceptors (Lipinski definition) is 2. The molecule has 0 saturated heterocycles. The van der Waals surface area contributed by atoms with Gasteiger partial charge >= 0.3 is 0 Å². The maximum absolute atomic E-state index is 10.8. The van der Waals surface area contributed by atoms with Gasteiger partial charge < -0.3 is 5.11 Å². The SMILES string of the molecule is CSC1=CC([Si](c2ccccc2)(c2ccccc2)c2ccccc2)CC(O)C1. The summed E-state index contributed by atoms with van der Waals surface area (Å²) in [4.78, 5) is 1.31. The van der Waals surface area contributed by atoms with Crippen molar-refractivity contribution in [1.82, 2.24) is 0 Å². The van der Waals surface area contributed by atoms with Crippen molar-refractivity contribution < 1.29 is 5.11 Å². The molecule has 28 heavy (non-hydrogen) atoms. The largest absolute Gasteiger partial charge is 0.393 e. The molecule has 2 atom stereocenters. The minimum Gasteiger partial charge on any atom is -0.393 e. The van der Waals surface area contributed by atoms with Crippen LogP contribution in [0.5, 0.6) is 0 Å². The van der Waals surface area contributed by atoms with Crippen molar-refractivity contribution in [3.05, 3.63) is 102 Å². The molecule has 0 amide bonds. The van der Waals surface area contributed by atoms with Crippen molar-refractivity contribution in [2.45, 2.75) is 24.5 Å². The van der Waals surface area contributed by atoms with Gasteiger partial charge in [-0.05, 0) is 38.7 Å². The third-order valence-corrected chi connectivity index (χ3v) is 11.9. The summed E-state index contributed by atoms with van der Waals surface area (Å²) >= 11 is 1.78. The second-order valence-corrected chi connectivity index (χ2v) is 12.5. The van der Waals surface area contributed by atoms with Crippen LogP contribution in [0.1, 0.15) is 12.8 Å². The normalized spacial score (nSPS) is 19.9. The van der Waals surface area contributed by atoms with Crippen molar-refractivity contribution in [3.8, 4) is 0 Å². The molecule has 1 nitrogen and oxygen atoms in total. The lowest BCUT2D eigenvalue weighted by atomic mass is 10.0. The van der Waals surface area contributed by atoms with E-state index in [1.165, 1.54) is 20.5 Å². The van der Waals surface area contributed by atoms with E-state index >= 15 is 0 Å². The van der Waals surface area contributed by atoms with Crippen LogP contribution >= 0.6 is 11.8 Å². The van der Waals surface area contributed by atoms with E-state index in [9.17, 15) is 5.11 Å². The average Bonchev–Trinajstić information content (AvgIpc) is 2.76. The van der Waals surface area contributed by atoms with Crippen LogP contribution in [0.2, 0.25) is 5.54 Å². The summed E-state index contributed by atoms with van der Waals surface area (Å²) in [5.41, 5.74) is 0.311. The molecule has 1 N–H and O–H groups in total. The van der Waals surface area contributed by atoms with E-state index < -0.39 is 8.07 Å². The number of thioether (sulfide) groups is 1. The number of aliphatic hydroxyl groups excluding tert-OH is 1. The van der Waals surface area contributed by atoms with E-state index in [0.29, 0.717) is 5.54 Å². The first kappa shape index (κ1) is 19.3. The van der Waals surface area contributed by atoms with Crippen LogP contribution in [-0.2, 0) is 0 Å². The monoisotopic (exact) mass is 402 g/mol. The fourth-order valence-electron chi connectivity index (χ4n) is 4.67. The Morgan fingerprint density at radius 2 is 1.18 bits per heavy atom. The predicted molar refractivity (Wildman–Crippen MR) is 125 cm³/mol. The summed E-state index contributed by atoms with van der Waals surface area (Å²) in [5.74, 6) is 0. The molecule has 0 saturated carbocycles. The summed E-state index contributed by atoms with van der Waals surface area (Å²) < 4.78 is 0. The van der Waals surface area contributed by atoms with Crippen LogP contribution < -0.4 is 15.6 Å². The third-order valence-electron chi connectivity index (χ3n) is 5.86. The highest BCUT2D eigenvalue weighted by Crippen LogP contribution is 2.38. The summed E-state index contributed by atoms with van der Waals surface area (Å²) in [6.07, 6.45) is 5.91. The zero-order valence-corrected chi connectivity index (χ0v) is 18.0. The number of aliphatic hydroxyl groups is 1. The quantitative estimate of drug-likeness (QED) is 0.515. The van der Waals surface area contributed by atoms with Gasteiger partial charge in [-0.2, -0.15) is 0 Å². The van der Waals surface area contributed by atoms with Gasteiger partial charge in [0.1, 0.15) is 0 Å². The van der Waals surface area contributed by atoms with Gasteiger partial charge in [0.15, 0.2) is 8.07 Å². The predicted octanol–water partition coefficient (Wildman–Crippen LogP) is 3.93. The number of rotatable bonds is 5. The Balaban J connectivity index is 2.05.